The Balaban J connectivity index is 1.40. The minimum absolute atomic E-state index is 0.0383. The molecule has 4 amide bonds. The SMILES string of the molecule is CN1CC(=O)N2[C@@H](CC(=O)O)C(=O)N(Cc3ccc4c(c3)OCO4)C[C@@H]2N1C(=O)NCc1ccc(F)cc1. The average molecular weight is 528 g/mol. The normalized spacial score (nSPS) is 20.9. The number of fused-ring (bicyclic) bond motifs is 2. The number of nitrogens with zero attached hydrogens (tertiary/aromatic N) is 4. The molecule has 12 nitrogen and oxygen atoms in total. The number of likely N-dealkylation sites (N-methyl/N-ethyl adjacent to an activating group) is 1. The largest absolute Gasteiger partial charge is 0.481 e. The molecule has 0 radical (unpaired) electrons. The molecule has 0 spiro atoms. The Morgan fingerprint density at radius 3 is 2.53 bits per heavy atom. The van der Waals surface area contributed by atoms with Gasteiger partial charge in [0.2, 0.25) is 18.6 Å². The molecule has 5 rings (SSSR count). The average Bonchev–Trinajstić information content (AvgIpc) is 3.34. The van der Waals surface area contributed by atoms with E-state index in [1.807, 2.05) is 0 Å². The van der Waals surface area contributed by atoms with Crippen LogP contribution in [0.3, 0.4) is 0 Å². The molecule has 3 aliphatic heterocycles. The summed E-state index contributed by atoms with van der Waals surface area (Å²) in [6.07, 6.45) is -1.54. The summed E-state index contributed by atoms with van der Waals surface area (Å²) in [5.41, 5.74) is 1.38. The quantitative estimate of drug-likeness (QED) is 0.568. The second-order valence-electron chi connectivity index (χ2n) is 9.25. The number of amides is 4. The Bertz CT molecular complexity index is 1270. The molecule has 0 aromatic heterocycles. The second-order valence-corrected chi connectivity index (χ2v) is 9.25. The third-order valence-corrected chi connectivity index (χ3v) is 6.68. The van der Waals surface area contributed by atoms with Gasteiger partial charge in [-0.2, -0.15) is 0 Å². The number of hydrogen-bond donors (Lipinski definition) is 2. The molecule has 3 aliphatic rings. The molecule has 2 aromatic carbocycles. The lowest BCUT2D eigenvalue weighted by Crippen LogP contribution is -2.76. The van der Waals surface area contributed by atoms with Crippen LogP contribution in [0.2, 0.25) is 0 Å². The summed E-state index contributed by atoms with van der Waals surface area (Å²) in [5, 5.41) is 15.0. The summed E-state index contributed by atoms with van der Waals surface area (Å²) in [6.45, 7) is 0.0481. The molecule has 2 atom stereocenters. The predicted octanol–water partition coefficient (Wildman–Crippen LogP) is 0.967. The van der Waals surface area contributed by atoms with Gasteiger partial charge in [0.1, 0.15) is 18.0 Å². The summed E-state index contributed by atoms with van der Waals surface area (Å²) in [6, 6.07) is 9.05. The van der Waals surface area contributed by atoms with Crippen LogP contribution in [0.1, 0.15) is 17.5 Å². The molecule has 13 heteroatoms. The Morgan fingerprint density at radius 2 is 1.79 bits per heavy atom. The molecule has 0 unspecified atom stereocenters. The fourth-order valence-corrected chi connectivity index (χ4v) is 4.93. The van der Waals surface area contributed by atoms with Gasteiger partial charge in [-0.15, -0.1) is 0 Å². The zero-order valence-electron chi connectivity index (χ0n) is 20.5. The van der Waals surface area contributed by atoms with E-state index in [2.05, 4.69) is 5.32 Å². The van der Waals surface area contributed by atoms with Gasteiger partial charge in [-0.25, -0.2) is 19.2 Å². The number of hydrogen-bond acceptors (Lipinski definition) is 7. The third-order valence-electron chi connectivity index (χ3n) is 6.68. The number of piperazine rings is 1. The molecule has 0 aliphatic carbocycles. The van der Waals surface area contributed by atoms with Gasteiger partial charge < -0.3 is 29.7 Å². The maximum atomic E-state index is 13.4. The zero-order chi connectivity index (χ0) is 27.0. The monoisotopic (exact) mass is 527 g/mol. The van der Waals surface area contributed by atoms with Gasteiger partial charge in [0.05, 0.1) is 19.5 Å². The van der Waals surface area contributed by atoms with Gasteiger partial charge in [-0.1, -0.05) is 18.2 Å². The Morgan fingerprint density at radius 1 is 1.08 bits per heavy atom. The number of rotatable bonds is 6. The van der Waals surface area contributed by atoms with Crippen molar-refractivity contribution in [1.82, 2.24) is 25.1 Å². The second kappa shape index (κ2) is 10.2. The van der Waals surface area contributed by atoms with Crippen LogP contribution in [0.4, 0.5) is 9.18 Å². The van der Waals surface area contributed by atoms with Crippen molar-refractivity contribution in [2.45, 2.75) is 31.7 Å². The number of carboxylic acid groups (broad SMARTS) is 1. The Hall–Kier alpha value is -4.39. The first-order chi connectivity index (χ1) is 18.2. The van der Waals surface area contributed by atoms with Crippen LogP contribution < -0.4 is 14.8 Å². The van der Waals surface area contributed by atoms with Gasteiger partial charge >= 0.3 is 12.0 Å². The molecule has 38 heavy (non-hydrogen) atoms. The molecule has 2 aromatic rings. The van der Waals surface area contributed by atoms with Crippen molar-refractivity contribution >= 4 is 23.8 Å². The van der Waals surface area contributed by atoms with E-state index in [1.54, 1.807) is 37.4 Å². The summed E-state index contributed by atoms with van der Waals surface area (Å²) in [4.78, 5) is 54.1. The van der Waals surface area contributed by atoms with Crippen LogP contribution in [0, 0.1) is 5.82 Å². The van der Waals surface area contributed by atoms with Crippen LogP contribution in [0.15, 0.2) is 42.5 Å². The van der Waals surface area contributed by atoms with Gasteiger partial charge in [0.15, 0.2) is 11.5 Å². The maximum absolute atomic E-state index is 13.4. The number of carbonyl (C=O) groups excluding carboxylic acids is 3. The van der Waals surface area contributed by atoms with Gasteiger partial charge in [0.25, 0.3) is 0 Å². The standard InChI is InChI=1S/C25H26FN5O7/c1-28-13-22(32)30-18(9-23(33)34)24(35)29(11-16-4-7-19-20(8-16)38-14-37-19)12-21(30)31(28)25(36)27-10-15-2-5-17(26)6-3-15/h2-8,18,21H,9-14H2,1H3,(H,27,36)(H,33,34)/t18-,21-/m0/s1. The van der Waals surface area contributed by atoms with Gasteiger partial charge in [-0.3, -0.25) is 14.4 Å². The van der Waals surface area contributed by atoms with Crippen molar-refractivity contribution in [3.8, 4) is 11.5 Å². The molecular weight excluding hydrogens is 501 g/mol. The highest BCUT2D eigenvalue weighted by Gasteiger charge is 2.51. The molecule has 200 valence electrons. The summed E-state index contributed by atoms with van der Waals surface area (Å²) >= 11 is 0. The molecule has 2 fully saturated rings. The molecule has 0 bridgehead atoms. The fraction of sp³-hybridized carbons (Fsp3) is 0.360. The highest BCUT2D eigenvalue weighted by atomic mass is 19.1. The van der Waals surface area contributed by atoms with Crippen molar-refractivity contribution in [3.63, 3.8) is 0 Å². The van der Waals surface area contributed by atoms with E-state index in [0.29, 0.717) is 22.6 Å². The van der Waals surface area contributed by atoms with E-state index in [4.69, 9.17) is 9.47 Å². The van der Waals surface area contributed by atoms with E-state index in [1.165, 1.54) is 32.0 Å². The zero-order valence-corrected chi connectivity index (χ0v) is 20.5. The number of benzene rings is 2. The summed E-state index contributed by atoms with van der Waals surface area (Å²) < 4.78 is 24.0. The molecule has 2 saturated heterocycles. The number of ether oxygens (including phenoxy) is 2. The van der Waals surface area contributed by atoms with Crippen molar-refractivity contribution < 1.29 is 38.1 Å². The van der Waals surface area contributed by atoms with Crippen molar-refractivity contribution in [1.29, 1.82) is 0 Å². The smallest absolute Gasteiger partial charge is 0.334 e. The first kappa shape index (κ1) is 25.3. The van der Waals surface area contributed by atoms with Gasteiger partial charge in [-0.05, 0) is 35.4 Å². The summed E-state index contributed by atoms with van der Waals surface area (Å²) in [7, 11) is 1.57. The number of carbonyl (C=O) groups is 4. The van der Waals surface area contributed by atoms with E-state index in [0.717, 1.165) is 0 Å². The van der Waals surface area contributed by atoms with Crippen molar-refractivity contribution in [2.75, 3.05) is 26.9 Å². The third kappa shape index (κ3) is 4.92. The number of hydrazine groups is 1. The highest BCUT2D eigenvalue weighted by molar-refractivity contribution is 5.93. The summed E-state index contributed by atoms with van der Waals surface area (Å²) in [5.74, 6) is -1.51. The minimum Gasteiger partial charge on any atom is -0.481 e. The number of carboxylic acids is 1. The topological polar surface area (TPSA) is 132 Å². The molecule has 3 heterocycles. The number of aliphatic carboxylic acids is 1. The van der Waals surface area contributed by atoms with Crippen LogP contribution >= 0.6 is 0 Å². The van der Waals surface area contributed by atoms with Crippen molar-refractivity contribution in [2.24, 2.45) is 0 Å². The van der Waals surface area contributed by atoms with Crippen LogP contribution in [-0.2, 0) is 27.5 Å². The number of nitrogens with one attached hydrogen (secondary N) is 1. The lowest BCUT2D eigenvalue weighted by atomic mass is 10.0. The van der Waals surface area contributed by atoms with Gasteiger partial charge in [0, 0.05) is 20.1 Å². The maximum Gasteiger partial charge on any atom is 0.334 e. The first-order valence-corrected chi connectivity index (χ1v) is 11.9. The van der Waals surface area contributed by atoms with E-state index in [9.17, 15) is 28.7 Å². The first-order valence-electron chi connectivity index (χ1n) is 11.9. The van der Waals surface area contributed by atoms with E-state index in [-0.39, 0.29) is 33.0 Å². The highest BCUT2D eigenvalue weighted by Crippen LogP contribution is 2.34. The number of urea groups is 1. The van der Waals surface area contributed by atoms with E-state index >= 15 is 0 Å². The predicted molar refractivity (Wildman–Crippen MR) is 128 cm³/mol. The lowest BCUT2D eigenvalue weighted by molar-refractivity contribution is -0.189. The molecule has 2 N–H and O–H groups in total. The fourth-order valence-electron chi connectivity index (χ4n) is 4.93. The van der Waals surface area contributed by atoms with Crippen molar-refractivity contribution in [3.05, 3.63) is 59.4 Å². The Kier molecular flexibility index (Phi) is 6.76. The van der Waals surface area contributed by atoms with Crippen LogP contribution in [-0.4, -0.2) is 87.9 Å². The van der Waals surface area contributed by atoms with Crippen LogP contribution in [0.25, 0.3) is 0 Å². The molecule has 0 saturated carbocycles. The number of halogens is 1. The van der Waals surface area contributed by atoms with E-state index < -0.39 is 48.3 Å². The minimum atomic E-state index is -1.28. The van der Waals surface area contributed by atoms with Crippen LogP contribution in [0.5, 0.6) is 11.5 Å². The lowest BCUT2D eigenvalue weighted by Gasteiger charge is -2.54. The molecular formula is C25H26FN5O7. The Labute approximate surface area is 217 Å².